The van der Waals surface area contributed by atoms with Crippen LogP contribution in [0.1, 0.15) is 25.4 Å². The van der Waals surface area contributed by atoms with E-state index in [4.69, 9.17) is 9.15 Å². The largest absolute Gasteiger partial charge is 0.465 e. The minimum Gasteiger partial charge on any atom is -0.465 e. The van der Waals surface area contributed by atoms with Crippen molar-refractivity contribution in [3.8, 4) is 0 Å². The summed E-state index contributed by atoms with van der Waals surface area (Å²) in [5, 5.41) is 2.94. The molecule has 4 nitrogen and oxygen atoms in total. The fraction of sp³-hybridized carbons (Fsp3) is 0.583. The summed E-state index contributed by atoms with van der Waals surface area (Å²) in [7, 11) is 0. The first-order chi connectivity index (χ1) is 9.02. The standard InChI is InChI=1S/C12H17F2NO3S/c1-3-17-11(16)8(2)15-6-9-4-5-10(18-9)7-19-12(13)14/h4-5,8,12,15H,3,6-7H2,1-2H3. The molecule has 7 heteroatoms. The van der Waals surface area contributed by atoms with Gasteiger partial charge in [-0.15, -0.1) is 0 Å². The highest BCUT2D eigenvalue weighted by Gasteiger charge is 2.14. The lowest BCUT2D eigenvalue weighted by Gasteiger charge is -2.11. The summed E-state index contributed by atoms with van der Waals surface area (Å²) >= 11 is 0.512. The number of hydrogen-bond donors (Lipinski definition) is 1. The van der Waals surface area contributed by atoms with Gasteiger partial charge in [-0.05, 0) is 26.0 Å². The lowest BCUT2D eigenvalue weighted by Crippen LogP contribution is -2.34. The number of nitrogens with one attached hydrogen (secondary N) is 1. The number of esters is 1. The summed E-state index contributed by atoms with van der Waals surface area (Å²) in [5.74, 6) is -1.52. The number of alkyl halides is 2. The van der Waals surface area contributed by atoms with Crippen LogP contribution >= 0.6 is 11.8 Å². The molecule has 0 bridgehead atoms. The van der Waals surface area contributed by atoms with Gasteiger partial charge in [0, 0.05) is 0 Å². The van der Waals surface area contributed by atoms with Crippen molar-refractivity contribution in [3.63, 3.8) is 0 Å². The SMILES string of the molecule is CCOC(=O)C(C)NCc1ccc(CSC(F)F)o1. The maximum atomic E-state index is 12.0. The minimum absolute atomic E-state index is 0.130. The van der Waals surface area contributed by atoms with E-state index >= 15 is 0 Å². The molecule has 1 aromatic heterocycles. The second-order valence-electron chi connectivity index (χ2n) is 3.79. The quantitative estimate of drug-likeness (QED) is 0.747. The van der Waals surface area contributed by atoms with Crippen molar-refractivity contribution in [2.75, 3.05) is 6.61 Å². The summed E-state index contributed by atoms with van der Waals surface area (Å²) in [6.07, 6.45) is 0. The van der Waals surface area contributed by atoms with Gasteiger partial charge in [-0.25, -0.2) is 0 Å². The highest BCUT2D eigenvalue weighted by Crippen LogP contribution is 2.21. The Labute approximate surface area is 114 Å². The Kier molecular flexibility index (Phi) is 6.86. The number of furan rings is 1. The molecule has 1 unspecified atom stereocenters. The summed E-state index contributed by atoms with van der Waals surface area (Å²) in [4.78, 5) is 11.3. The smallest absolute Gasteiger partial charge is 0.322 e. The zero-order valence-corrected chi connectivity index (χ0v) is 11.6. The van der Waals surface area contributed by atoms with E-state index in [-0.39, 0.29) is 11.7 Å². The van der Waals surface area contributed by atoms with E-state index in [0.29, 0.717) is 36.4 Å². The summed E-state index contributed by atoms with van der Waals surface area (Å²) in [6.45, 7) is 4.11. The van der Waals surface area contributed by atoms with Crippen molar-refractivity contribution in [2.45, 2.75) is 37.9 Å². The number of rotatable bonds is 8. The molecule has 0 amide bonds. The Bertz CT molecular complexity index is 398. The van der Waals surface area contributed by atoms with E-state index in [1.807, 2.05) is 0 Å². The van der Waals surface area contributed by atoms with Gasteiger partial charge in [0.05, 0.1) is 18.9 Å². The van der Waals surface area contributed by atoms with Crippen LogP contribution in [0.2, 0.25) is 0 Å². The van der Waals surface area contributed by atoms with E-state index in [0.717, 1.165) is 0 Å². The Balaban J connectivity index is 2.35. The lowest BCUT2D eigenvalue weighted by atomic mass is 10.3. The molecule has 1 atom stereocenters. The van der Waals surface area contributed by atoms with Gasteiger partial charge in [-0.1, -0.05) is 11.8 Å². The maximum absolute atomic E-state index is 12.0. The van der Waals surface area contributed by atoms with E-state index in [9.17, 15) is 13.6 Å². The number of halogens is 2. The van der Waals surface area contributed by atoms with Crippen molar-refractivity contribution in [2.24, 2.45) is 0 Å². The van der Waals surface area contributed by atoms with E-state index < -0.39 is 11.8 Å². The molecule has 1 heterocycles. The molecular weight excluding hydrogens is 276 g/mol. The van der Waals surface area contributed by atoms with E-state index in [1.54, 1.807) is 26.0 Å². The average Bonchev–Trinajstić information content (AvgIpc) is 2.81. The van der Waals surface area contributed by atoms with Gasteiger partial charge in [0.25, 0.3) is 5.76 Å². The second-order valence-corrected chi connectivity index (χ2v) is 4.77. The van der Waals surface area contributed by atoms with Crippen molar-refractivity contribution >= 4 is 17.7 Å². The van der Waals surface area contributed by atoms with Crippen LogP contribution in [-0.2, 0) is 21.8 Å². The van der Waals surface area contributed by atoms with Crippen LogP contribution in [0.25, 0.3) is 0 Å². The first kappa shape index (κ1) is 16.0. The van der Waals surface area contributed by atoms with Crippen LogP contribution in [0, 0.1) is 0 Å². The first-order valence-corrected chi connectivity index (χ1v) is 6.95. The van der Waals surface area contributed by atoms with Crippen LogP contribution in [-0.4, -0.2) is 24.4 Å². The molecule has 1 N–H and O–H groups in total. The van der Waals surface area contributed by atoms with Gasteiger partial charge in [-0.3, -0.25) is 10.1 Å². The van der Waals surface area contributed by atoms with Gasteiger partial charge < -0.3 is 9.15 Å². The molecule has 0 saturated carbocycles. The molecular formula is C12H17F2NO3S. The fourth-order valence-electron chi connectivity index (χ4n) is 1.34. The van der Waals surface area contributed by atoms with Crippen molar-refractivity contribution in [1.29, 1.82) is 0 Å². The summed E-state index contributed by atoms with van der Waals surface area (Å²) in [6, 6.07) is 2.91. The number of carbonyl (C=O) groups is 1. The average molecular weight is 293 g/mol. The molecule has 0 radical (unpaired) electrons. The molecule has 0 aromatic carbocycles. The van der Waals surface area contributed by atoms with Crippen LogP contribution in [0.4, 0.5) is 8.78 Å². The zero-order valence-electron chi connectivity index (χ0n) is 10.8. The second kappa shape index (κ2) is 8.16. The van der Waals surface area contributed by atoms with Crippen LogP contribution < -0.4 is 5.32 Å². The van der Waals surface area contributed by atoms with Crippen molar-refractivity contribution in [1.82, 2.24) is 5.32 Å². The molecule has 0 aliphatic carbocycles. The van der Waals surface area contributed by atoms with Crippen LogP contribution in [0.5, 0.6) is 0 Å². The third-order valence-corrected chi connectivity index (χ3v) is 2.99. The highest BCUT2D eigenvalue weighted by molar-refractivity contribution is 7.98. The molecule has 0 aliphatic rings. The molecule has 0 saturated heterocycles. The summed E-state index contributed by atoms with van der Waals surface area (Å²) < 4.78 is 34.2. The topological polar surface area (TPSA) is 51.5 Å². The number of ether oxygens (including phenoxy) is 1. The Morgan fingerprint density at radius 1 is 1.47 bits per heavy atom. The van der Waals surface area contributed by atoms with Gasteiger partial charge in [-0.2, -0.15) is 8.78 Å². The Morgan fingerprint density at radius 3 is 2.79 bits per heavy atom. The zero-order chi connectivity index (χ0) is 14.3. The van der Waals surface area contributed by atoms with Crippen LogP contribution in [0.3, 0.4) is 0 Å². The predicted molar refractivity (Wildman–Crippen MR) is 68.9 cm³/mol. The van der Waals surface area contributed by atoms with E-state index in [1.165, 1.54) is 0 Å². The molecule has 1 aromatic rings. The molecule has 0 fully saturated rings. The Morgan fingerprint density at radius 2 is 2.16 bits per heavy atom. The third kappa shape index (κ3) is 6.07. The molecule has 108 valence electrons. The maximum Gasteiger partial charge on any atom is 0.322 e. The number of thioether (sulfide) groups is 1. The number of hydrogen-bond acceptors (Lipinski definition) is 5. The monoisotopic (exact) mass is 293 g/mol. The summed E-state index contributed by atoms with van der Waals surface area (Å²) in [5.41, 5.74) is 0. The fourth-order valence-corrected chi connectivity index (χ4v) is 1.79. The van der Waals surface area contributed by atoms with E-state index in [2.05, 4.69) is 5.32 Å². The normalized spacial score (nSPS) is 12.7. The predicted octanol–water partition coefficient (Wildman–Crippen LogP) is 2.78. The van der Waals surface area contributed by atoms with Gasteiger partial charge in [0.15, 0.2) is 0 Å². The first-order valence-electron chi connectivity index (χ1n) is 5.90. The molecule has 19 heavy (non-hydrogen) atoms. The minimum atomic E-state index is -2.41. The highest BCUT2D eigenvalue weighted by atomic mass is 32.2. The van der Waals surface area contributed by atoms with Gasteiger partial charge >= 0.3 is 5.97 Å². The Hall–Kier alpha value is -1.08. The third-order valence-electron chi connectivity index (χ3n) is 2.29. The van der Waals surface area contributed by atoms with Crippen molar-refractivity contribution < 1.29 is 22.7 Å². The van der Waals surface area contributed by atoms with Crippen molar-refractivity contribution in [3.05, 3.63) is 23.7 Å². The van der Waals surface area contributed by atoms with Crippen LogP contribution in [0.15, 0.2) is 16.5 Å². The molecule has 0 spiro atoms. The number of carbonyl (C=O) groups excluding carboxylic acids is 1. The van der Waals surface area contributed by atoms with Gasteiger partial charge in [0.1, 0.15) is 17.6 Å². The lowest BCUT2D eigenvalue weighted by molar-refractivity contribution is -0.145. The van der Waals surface area contributed by atoms with Gasteiger partial charge in [0.2, 0.25) is 0 Å². The molecule has 1 rings (SSSR count). The molecule has 0 aliphatic heterocycles.